The Morgan fingerprint density at radius 3 is 2.14 bits per heavy atom. The average molecular weight is 385 g/mol. The summed E-state index contributed by atoms with van der Waals surface area (Å²) in [6.07, 6.45) is 0. The molecule has 0 aliphatic carbocycles. The number of hydrogen-bond donors (Lipinski definition) is 0. The number of likely N-dealkylation sites (N-methyl/N-ethyl adjacent to an activating group) is 1. The van der Waals surface area contributed by atoms with Crippen LogP contribution in [0.1, 0.15) is 36.7 Å². The summed E-state index contributed by atoms with van der Waals surface area (Å²) < 4.78 is 10.8. The van der Waals surface area contributed by atoms with Gasteiger partial charge in [0.1, 0.15) is 18.1 Å². The smallest absolute Gasteiger partial charge is 0.253 e. The van der Waals surface area contributed by atoms with E-state index in [0.29, 0.717) is 24.8 Å². The van der Waals surface area contributed by atoms with Crippen molar-refractivity contribution in [3.8, 4) is 11.5 Å². The van der Waals surface area contributed by atoms with Crippen LogP contribution in [0.25, 0.3) is 0 Å². The first-order valence-corrected chi connectivity index (χ1v) is 9.80. The minimum atomic E-state index is 0.00101. The van der Waals surface area contributed by atoms with E-state index in [1.54, 1.807) is 19.1 Å². The second-order valence-corrected chi connectivity index (χ2v) is 7.10. The molecule has 2 aromatic carbocycles. The zero-order valence-electron chi connectivity index (χ0n) is 17.6. The van der Waals surface area contributed by atoms with Crippen LogP contribution in [0.5, 0.6) is 11.5 Å². The Morgan fingerprint density at radius 1 is 1.00 bits per heavy atom. The lowest BCUT2D eigenvalue weighted by Crippen LogP contribution is -2.31. The maximum absolute atomic E-state index is 12.6. The van der Waals surface area contributed by atoms with Gasteiger partial charge in [-0.15, -0.1) is 0 Å². The Hall–Kier alpha value is -2.53. The van der Waals surface area contributed by atoms with Gasteiger partial charge in [-0.2, -0.15) is 0 Å². The zero-order valence-corrected chi connectivity index (χ0v) is 17.6. The summed E-state index contributed by atoms with van der Waals surface area (Å²) >= 11 is 0. The van der Waals surface area contributed by atoms with Crippen LogP contribution in [0.2, 0.25) is 0 Å². The van der Waals surface area contributed by atoms with E-state index in [0.717, 1.165) is 24.6 Å². The lowest BCUT2D eigenvalue weighted by Gasteiger charge is -2.25. The van der Waals surface area contributed by atoms with Crippen LogP contribution in [0.4, 0.5) is 0 Å². The Balaban J connectivity index is 1.84. The molecule has 0 fully saturated rings. The minimum absolute atomic E-state index is 0.00101. The highest BCUT2D eigenvalue weighted by Gasteiger charge is 2.13. The molecule has 2 rings (SSSR count). The van der Waals surface area contributed by atoms with Gasteiger partial charge in [0.05, 0.1) is 13.7 Å². The molecule has 0 saturated heterocycles. The number of amides is 1. The molecular formula is C23H32N2O3. The molecule has 5 nitrogen and oxygen atoms in total. The Bertz CT molecular complexity index is 727. The lowest BCUT2D eigenvalue weighted by molar-refractivity contribution is 0.0773. The SMILES string of the molecule is CCN(Cc1ccc(C(=O)N(C)CCOc2ccc(OC)cc2)cc1)C(C)C. The molecule has 0 aliphatic heterocycles. The first kappa shape index (κ1) is 21.8. The van der Waals surface area contributed by atoms with E-state index in [4.69, 9.17) is 9.47 Å². The molecule has 0 unspecified atom stereocenters. The summed E-state index contributed by atoms with van der Waals surface area (Å²) in [7, 11) is 3.43. The third-order valence-corrected chi connectivity index (χ3v) is 4.82. The van der Waals surface area contributed by atoms with Crippen molar-refractivity contribution in [1.29, 1.82) is 0 Å². The van der Waals surface area contributed by atoms with Gasteiger partial charge in [-0.1, -0.05) is 19.1 Å². The molecule has 0 N–H and O–H groups in total. The van der Waals surface area contributed by atoms with E-state index >= 15 is 0 Å². The topological polar surface area (TPSA) is 42.0 Å². The van der Waals surface area contributed by atoms with E-state index in [9.17, 15) is 4.79 Å². The van der Waals surface area contributed by atoms with E-state index in [1.165, 1.54) is 5.56 Å². The van der Waals surface area contributed by atoms with E-state index < -0.39 is 0 Å². The quantitative estimate of drug-likeness (QED) is 0.619. The normalized spacial score (nSPS) is 11.0. The molecule has 2 aromatic rings. The maximum atomic E-state index is 12.6. The van der Waals surface area contributed by atoms with Gasteiger partial charge in [0.2, 0.25) is 0 Å². The lowest BCUT2D eigenvalue weighted by atomic mass is 10.1. The highest BCUT2D eigenvalue weighted by Crippen LogP contribution is 2.17. The standard InChI is InChI=1S/C23H32N2O3/c1-6-25(18(2)3)17-19-7-9-20(10-8-19)23(26)24(4)15-16-28-22-13-11-21(27-5)12-14-22/h7-14,18H,6,15-17H2,1-5H3. The summed E-state index contributed by atoms with van der Waals surface area (Å²) in [5, 5.41) is 0. The van der Waals surface area contributed by atoms with Gasteiger partial charge in [0.25, 0.3) is 5.91 Å². The van der Waals surface area contributed by atoms with E-state index in [2.05, 4.69) is 25.7 Å². The van der Waals surface area contributed by atoms with Gasteiger partial charge >= 0.3 is 0 Å². The van der Waals surface area contributed by atoms with Crippen molar-refractivity contribution in [3.63, 3.8) is 0 Å². The second kappa shape index (κ2) is 10.7. The van der Waals surface area contributed by atoms with Crippen LogP contribution < -0.4 is 9.47 Å². The Kier molecular flexibility index (Phi) is 8.33. The molecule has 28 heavy (non-hydrogen) atoms. The summed E-state index contributed by atoms with van der Waals surface area (Å²) in [4.78, 5) is 16.7. The van der Waals surface area contributed by atoms with Crippen molar-refractivity contribution in [3.05, 3.63) is 59.7 Å². The van der Waals surface area contributed by atoms with Gasteiger partial charge in [-0.25, -0.2) is 0 Å². The fraction of sp³-hybridized carbons (Fsp3) is 0.435. The Morgan fingerprint density at radius 2 is 1.61 bits per heavy atom. The first-order chi connectivity index (χ1) is 13.4. The molecule has 0 aromatic heterocycles. The molecule has 0 aliphatic rings. The Labute approximate surface area is 168 Å². The van der Waals surface area contributed by atoms with Crippen LogP contribution in [0.3, 0.4) is 0 Å². The summed E-state index contributed by atoms with van der Waals surface area (Å²) in [5.74, 6) is 1.55. The van der Waals surface area contributed by atoms with Crippen LogP contribution >= 0.6 is 0 Å². The second-order valence-electron chi connectivity index (χ2n) is 7.10. The van der Waals surface area contributed by atoms with Crippen LogP contribution in [0, 0.1) is 0 Å². The van der Waals surface area contributed by atoms with Gasteiger partial charge in [0, 0.05) is 25.2 Å². The highest BCUT2D eigenvalue weighted by molar-refractivity contribution is 5.94. The third-order valence-electron chi connectivity index (χ3n) is 4.82. The number of rotatable bonds is 10. The molecule has 0 heterocycles. The van der Waals surface area contributed by atoms with Crippen molar-refractivity contribution in [2.24, 2.45) is 0 Å². The first-order valence-electron chi connectivity index (χ1n) is 9.80. The predicted octanol–water partition coefficient (Wildman–Crippen LogP) is 4.08. The molecular weight excluding hydrogens is 352 g/mol. The largest absolute Gasteiger partial charge is 0.497 e. The van der Waals surface area contributed by atoms with Gasteiger partial charge in [-0.05, 0) is 62.4 Å². The van der Waals surface area contributed by atoms with E-state index in [1.807, 2.05) is 48.5 Å². The van der Waals surface area contributed by atoms with Gasteiger partial charge in [0.15, 0.2) is 0 Å². The predicted molar refractivity (Wildman–Crippen MR) is 113 cm³/mol. The molecule has 0 saturated carbocycles. The molecule has 0 radical (unpaired) electrons. The number of benzene rings is 2. The van der Waals surface area contributed by atoms with E-state index in [-0.39, 0.29) is 5.91 Å². The van der Waals surface area contributed by atoms with Crippen molar-refractivity contribution < 1.29 is 14.3 Å². The van der Waals surface area contributed by atoms with Crippen molar-refractivity contribution in [1.82, 2.24) is 9.80 Å². The number of methoxy groups -OCH3 is 1. The molecule has 0 atom stereocenters. The third kappa shape index (κ3) is 6.27. The number of ether oxygens (including phenoxy) is 2. The fourth-order valence-corrected chi connectivity index (χ4v) is 2.94. The number of hydrogen-bond acceptors (Lipinski definition) is 4. The van der Waals surface area contributed by atoms with Crippen molar-refractivity contribution in [2.45, 2.75) is 33.4 Å². The van der Waals surface area contributed by atoms with Crippen molar-refractivity contribution >= 4 is 5.91 Å². The van der Waals surface area contributed by atoms with Gasteiger partial charge < -0.3 is 14.4 Å². The molecule has 5 heteroatoms. The molecule has 0 bridgehead atoms. The molecule has 152 valence electrons. The van der Waals surface area contributed by atoms with Crippen LogP contribution in [0.15, 0.2) is 48.5 Å². The number of nitrogens with zero attached hydrogens (tertiary/aromatic N) is 2. The number of carbonyl (C=O) groups is 1. The minimum Gasteiger partial charge on any atom is -0.497 e. The summed E-state index contributed by atoms with van der Waals surface area (Å²) in [6.45, 7) is 9.43. The van der Waals surface area contributed by atoms with Crippen LogP contribution in [-0.4, -0.2) is 55.6 Å². The summed E-state index contributed by atoms with van der Waals surface area (Å²) in [6, 6.07) is 15.8. The van der Waals surface area contributed by atoms with Crippen molar-refractivity contribution in [2.75, 3.05) is 33.9 Å². The molecule has 1 amide bonds. The summed E-state index contributed by atoms with van der Waals surface area (Å²) in [5.41, 5.74) is 1.92. The fourth-order valence-electron chi connectivity index (χ4n) is 2.94. The maximum Gasteiger partial charge on any atom is 0.253 e. The number of carbonyl (C=O) groups excluding carboxylic acids is 1. The molecule has 0 spiro atoms. The average Bonchev–Trinajstić information content (AvgIpc) is 2.72. The van der Waals surface area contributed by atoms with Crippen LogP contribution in [-0.2, 0) is 6.54 Å². The highest BCUT2D eigenvalue weighted by atomic mass is 16.5. The zero-order chi connectivity index (χ0) is 20.5. The monoisotopic (exact) mass is 384 g/mol. The van der Waals surface area contributed by atoms with Gasteiger partial charge in [-0.3, -0.25) is 9.69 Å².